The summed E-state index contributed by atoms with van der Waals surface area (Å²) < 4.78 is 0. The average Bonchev–Trinajstić information content (AvgIpc) is 1.86. The molecule has 1 unspecified atom stereocenters. The van der Waals surface area contributed by atoms with Crippen molar-refractivity contribution < 1.29 is 0 Å². The highest BCUT2D eigenvalue weighted by molar-refractivity contribution is 4.64. The molecule has 0 rings (SSSR count). The summed E-state index contributed by atoms with van der Waals surface area (Å²) in [6.45, 7) is 10.4. The second kappa shape index (κ2) is 5.59. The molecule has 0 aliphatic heterocycles. The largest absolute Gasteiger partial charge is 0.304 e. The van der Waals surface area contributed by atoms with Gasteiger partial charge in [0.05, 0.1) is 0 Å². The molecule has 0 spiro atoms. The maximum absolute atomic E-state index is 2.44. The van der Waals surface area contributed by atoms with Gasteiger partial charge in [0.2, 0.25) is 0 Å². The highest BCUT2D eigenvalue weighted by atomic mass is 15.1. The van der Waals surface area contributed by atoms with Crippen LogP contribution in [0.15, 0.2) is 0 Å². The highest BCUT2D eigenvalue weighted by Gasteiger charge is 2.08. The normalized spacial score (nSPS) is 14.5. The summed E-state index contributed by atoms with van der Waals surface area (Å²) >= 11 is 0. The van der Waals surface area contributed by atoms with Crippen molar-refractivity contribution in [3.8, 4) is 0 Å². The molecule has 68 valence electrons. The van der Waals surface area contributed by atoms with E-state index < -0.39 is 0 Å². The molecule has 0 N–H and O–H groups in total. The van der Waals surface area contributed by atoms with Crippen molar-refractivity contribution >= 4 is 0 Å². The third-order valence-electron chi connectivity index (χ3n) is 2.14. The van der Waals surface area contributed by atoms with Gasteiger partial charge >= 0.3 is 0 Å². The van der Waals surface area contributed by atoms with Crippen molar-refractivity contribution in [3.63, 3.8) is 0 Å². The molecule has 0 bridgehead atoms. The first-order chi connectivity index (χ1) is 5.07. The van der Waals surface area contributed by atoms with Gasteiger partial charge in [-0.05, 0) is 39.3 Å². The summed E-state index contributed by atoms with van der Waals surface area (Å²) in [4.78, 5) is 2.44. The van der Waals surface area contributed by atoms with E-state index in [0.717, 1.165) is 12.0 Å². The first-order valence-corrected chi connectivity index (χ1v) is 4.78. The Morgan fingerprint density at radius 2 is 1.73 bits per heavy atom. The van der Waals surface area contributed by atoms with Gasteiger partial charge in [0.1, 0.15) is 0 Å². The highest BCUT2D eigenvalue weighted by Crippen LogP contribution is 2.09. The van der Waals surface area contributed by atoms with E-state index >= 15 is 0 Å². The lowest BCUT2D eigenvalue weighted by atomic mass is 10.0. The maximum Gasteiger partial charge on any atom is 0.00663 e. The molecule has 0 aliphatic rings. The lowest BCUT2D eigenvalue weighted by Crippen LogP contribution is -2.30. The summed E-state index contributed by atoms with van der Waals surface area (Å²) in [5.41, 5.74) is 0. The van der Waals surface area contributed by atoms with Crippen LogP contribution >= 0.6 is 0 Å². The van der Waals surface area contributed by atoms with E-state index in [2.05, 4.69) is 39.6 Å². The fourth-order valence-electron chi connectivity index (χ4n) is 1.44. The lowest BCUT2D eigenvalue weighted by molar-refractivity contribution is 0.229. The third kappa shape index (κ3) is 5.25. The second-order valence-electron chi connectivity index (χ2n) is 3.96. The summed E-state index contributed by atoms with van der Waals surface area (Å²) in [5.74, 6) is 0.823. The Kier molecular flexibility index (Phi) is 5.57. The molecule has 11 heavy (non-hydrogen) atoms. The zero-order chi connectivity index (χ0) is 8.85. The van der Waals surface area contributed by atoms with Gasteiger partial charge in [0, 0.05) is 6.04 Å². The van der Waals surface area contributed by atoms with Gasteiger partial charge < -0.3 is 4.90 Å². The molecule has 0 aromatic carbocycles. The molecular weight excluding hydrogens is 134 g/mol. The standard InChI is InChI=1S/C10H23N/c1-6-7-11(5)10(4)8-9(2)3/h9-10H,6-8H2,1-5H3. The van der Waals surface area contributed by atoms with Crippen LogP contribution in [0.1, 0.15) is 40.5 Å². The van der Waals surface area contributed by atoms with Crippen LogP contribution in [0.2, 0.25) is 0 Å². The van der Waals surface area contributed by atoms with Gasteiger partial charge in [-0.25, -0.2) is 0 Å². The molecule has 0 saturated heterocycles. The molecule has 1 atom stereocenters. The maximum atomic E-state index is 2.44. The molecule has 1 nitrogen and oxygen atoms in total. The number of hydrogen-bond acceptors (Lipinski definition) is 1. The van der Waals surface area contributed by atoms with E-state index in [1.165, 1.54) is 19.4 Å². The Morgan fingerprint density at radius 3 is 2.09 bits per heavy atom. The topological polar surface area (TPSA) is 3.24 Å². The molecule has 0 aliphatic carbocycles. The molecule has 1 heteroatoms. The van der Waals surface area contributed by atoms with Crippen molar-refractivity contribution in [1.29, 1.82) is 0 Å². The lowest BCUT2D eigenvalue weighted by Gasteiger charge is -2.25. The quantitative estimate of drug-likeness (QED) is 0.593. The molecule has 0 amide bonds. The van der Waals surface area contributed by atoms with Crippen LogP contribution in [0.4, 0.5) is 0 Å². The van der Waals surface area contributed by atoms with Crippen LogP contribution in [-0.4, -0.2) is 24.5 Å². The summed E-state index contributed by atoms with van der Waals surface area (Å²) in [7, 11) is 2.22. The predicted molar refractivity (Wildman–Crippen MR) is 51.8 cm³/mol. The van der Waals surface area contributed by atoms with Crippen LogP contribution < -0.4 is 0 Å². The Morgan fingerprint density at radius 1 is 1.18 bits per heavy atom. The van der Waals surface area contributed by atoms with Crippen LogP contribution in [0.5, 0.6) is 0 Å². The minimum atomic E-state index is 0.745. The zero-order valence-electron chi connectivity index (χ0n) is 8.72. The monoisotopic (exact) mass is 157 g/mol. The number of rotatable bonds is 5. The van der Waals surface area contributed by atoms with Crippen LogP contribution in [0, 0.1) is 5.92 Å². The summed E-state index contributed by atoms with van der Waals surface area (Å²) in [5, 5.41) is 0. The van der Waals surface area contributed by atoms with Crippen LogP contribution in [-0.2, 0) is 0 Å². The number of nitrogens with zero attached hydrogens (tertiary/aromatic N) is 1. The molecule has 0 saturated carbocycles. The van der Waals surface area contributed by atoms with E-state index in [1.807, 2.05) is 0 Å². The fourth-order valence-corrected chi connectivity index (χ4v) is 1.44. The minimum absolute atomic E-state index is 0.745. The van der Waals surface area contributed by atoms with E-state index in [4.69, 9.17) is 0 Å². The van der Waals surface area contributed by atoms with Crippen LogP contribution in [0.3, 0.4) is 0 Å². The van der Waals surface area contributed by atoms with Crippen molar-refractivity contribution in [3.05, 3.63) is 0 Å². The second-order valence-corrected chi connectivity index (χ2v) is 3.96. The molecule has 0 heterocycles. The Balaban J connectivity index is 3.54. The molecule has 0 fully saturated rings. The average molecular weight is 157 g/mol. The van der Waals surface area contributed by atoms with Gasteiger partial charge in [0.25, 0.3) is 0 Å². The first kappa shape index (κ1) is 11.0. The fraction of sp³-hybridized carbons (Fsp3) is 1.00. The van der Waals surface area contributed by atoms with Crippen LogP contribution in [0.25, 0.3) is 0 Å². The van der Waals surface area contributed by atoms with Gasteiger partial charge in [-0.1, -0.05) is 20.8 Å². The zero-order valence-corrected chi connectivity index (χ0v) is 8.72. The van der Waals surface area contributed by atoms with E-state index in [1.54, 1.807) is 0 Å². The summed E-state index contributed by atoms with van der Waals surface area (Å²) in [6.07, 6.45) is 2.58. The van der Waals surface area contributed by atoms with Crippen molar-refractivity contribution in [2.45, 2.75) is 46.6 Å². The van der Waals surface area contributed by atoms with Gasteiger partial charge in [0.15, 0.2) is 0 Å². The molecular formula is C10H23N. The van der Waals surface area contributed by atoms with Gasteiger partial charge in [-0.2, -0.15) is 0 Å². The molecule has 0 aromatic heterocycles. The SMILES string of the molecule is CCCN(C)C(C)CC(C)C. The predicted octanol–water partition coefficient (Wildman–Crippen LogP) is 2.76. The minimum Gasteiger partial charge on any atom is -0.304 e. The van der Waals surface area contributed by atoms with Crippen molar-refractivity contribution in [2.75, 3.05) is 13.6 Å². The Bertz CT molecular complexity index is 88.9. The Labute approximate surface area is 71.8 Å². The third-order valence-corrected chi connectivity index (χ3v) is 2.14. The first-order valence-electron chi connectivity index (χ1n) is 4.78. The molecule has 0 aromatic rings. The molecule has 0 radical (unpaired) electrons. The van der Waals surface area contributed by atoms with Crippen molar-refractivity contribution in [1.82, 2.24) is 4.90 Å². The van der Waals surface area contributed by atoms with E-state index in [9.17, 15) is 0 Å². The van der Waals surface area contributed by atoms with Gasteiger partial charge in [-0.3, -0.25) is 0 Å². The Hall–Kier alpha value is -0.0400. The van der Waals surface area contributed by atoms with E-state index in [0.29, 0.717) is 0 Å². The van der Waals surface area contributed by atoms with E-state index in [-0.39, 0.29) is 0 Å². The van der Waals surface area contributed by atoms with Gasteiger partial charge in [-0.15, -0.1) is 0 Å². The summed E-state index contributed by atoms with van der Waals surface area (Å²) in [6, 6.07) is 0.745. The number of hydrogen-bond donors (Lipinski definition) is 0. The smallest absolute Gasteiger partial charge is 0.00663 e. The van der Waals surface area contributed by atoms with Crippen molar-refractivity contribution in [2.24, 2.45) is 5.92 Å².